The van der Waals surface area contributed by atoms with Crippen molar-refractivity contribution in [2.45, 2.75) is 6.18 Å². The number of hydrogen-bond acceptors (Lipinski definition) is 4. The van der Waals surface area contributed by atoms with E-state index in [0.717, 1.165) is 23.2 Å². The number of aromatic nitrogens is 4. The molecular weight excluding hydrogens is 343 g/mol. The molecule has 0 aliphatic carbocycles. The molecule has 0 aliphatic heterocycles. The Hall–Kier alpha value is -3.42. The molecule has 0 aliphatic rings. The molecule has 130 valence electrons. The zero-order valence-corrected chi connectivity index (χ0v) is 13.3. The monoisotopic (exact) mass is 355 g/mol. The molecule has 0 spiro atoms. The molecule has 0 atom stereocenters. The van der Waals surface area contributed by atoms with E-state index in [4.69, 9.17) is 0 Å². The molecule has 1 N–H and O–H groups in total. The van der Waals surface area contributed by atoms with Crippen molar-refractivity contribution in [3.63, 3.8) is 0 Å². The third kappa shape index (κ3) is 3.08. The van der Waals surface area contributed by atoms with E-state index in [9.17, 15) is 13.2 Å². The van der Waals surface area contributed by atoms with E-state index in [0.29, 0.717) is 17.3 Å². The number of hydrogen-bond donors (Lipinski definition) is 1. The van der Waals surface area contributed by atoms with E-state index in [1.807, 2.05) is 24.3 Å². The first kappa shape index (κ1) is 16.1. The molecule has 26 heavy (non-hydrogen) atoms. The second-order valence-electron chi connectivity index (χ2n) is 5.57. The minimum Gasteiger partial charge on any atom is -0.339 e. The molecule has 0 amide bonds. The lowest BCUT2D eigenvalue weighted by atomic mass is 10.2. The van der Waals surface area contributed by atoms with Gasteiger partial charge in [0.2, 0.25) is 0 Å². The average molecular weight is 355 g/mol. The Morgan fingerprint density at radius 2 is 1.69 bits per heavy atom. The van der Waals surface area contributed by atoms with Gasteiger partial charge in [-0.1, -0.05) is 12.1 Å². The van der Waals surface area contributed by atoms with Crippen LogP contribution in [0.4, 0.5) is 24.7 Å². The van der Waals surface area contributed by atoms with Crippen molar-refractivity contribution in [1.29, 1.82) is 0 Å². The van der Waals surface area contributed by atoms with Gasteiger partial charge in [-0.2, -0.15) is 13.2 Å². The van der Waals surface area contributed by atoms with Crippen molar-refractivity contribution in [1.82, 2.24) is 19.5 Å². The Balaban J connectivity index is 1.62. The van der Waals surface area contributed by atoms with Gasteiger partial charge >= 0.3 is 6.18 Å². The summed E-state index contributed by atoms with van der Waals surface area (Å²) in [5.74, 6) is 0.968. The van der Waals surface area contributed by atoms with Crippen LogP contribution in [-0.4, -0.2) is 19.5 Å². The van der Waals surface area contributed by atoms with Crippen LogP contribution >= 0.6 is 0 Å². The third-order valence-electron chi connectivity index (χ3n) is 3.81. The van der Waals surface area contributed by atoms with Crippen molar-refractivity contribution < 1.29 is 13.2 Å². The van der Waals surface area contributed by atoms with Crippen LogP contribution in [0.15, 0.2) is 67.3 Å². The summed E-state index contributed by atoms with van der Waals surface area (Å²) < 4.78 is 39.7. The summed E-state index contributed by atoms with van der Waals surface area (Å²) in [7, 11) is 0. The number of nitrogens with one attached hydrogen (secondary N) is 1. The summed E-state index contributed by atoms with van der Waals surface area (Å²) in [5.41, 5.74) is 1.50. The molecule has 0 radical (unpaired) electrons. The van der Waals surface area contributed by atoms with Gasteiger partial charge in [-0.05, 0) is 36.4 Å². The second kappa shape index (κ2) is 6.14. The van der Waals surface area contributed by atoms with Crippen LogP contribution in [0.25, 0.3) is 16.9 Å². The van der Waals surface area contributed by atoms with Crippen LogP contribution in [0.3, 0.4) is 0 Å². The lowest BCUT2D eigenvalue weighted by molar-refractivity contribution is -0.137. The number of para-hydroxylation sites is 2. The Morgan fingerprint density at radius 3 is 2.46 bits per heavy atom. The van der Waals surface area contributed by atoms with Crippen LogP contribution in [0, 0.1) is 0 Å². The first-order valence-corrected chi connectivity index (χ1v) is 7.69. The highest BCUT2D eigenvalue weighted by atomic mass is 19.4. The van der Waals surface area contributed by atoms with E-state index in [1.165, 1.54) is 18.3 Å². The van der Waals surface area contributed by atoms with Gasteiger partial charge in [-0.25, -0.2) is 9.97 Å². The minimum atomic E-state index is -4.36. The highest BCUT2D eigenvalue weighted by molar-refractivity contribution is 5.76. The van der Waals surface area contributed by atoms with Crippen LogP contribution in [0.5, 0.6) is 0 Å². The zero-order chi connectivity index (χ0) is 18.1. The van der Waals surface area contributed by atoms with Gasteiger partial charge in [0, 0.05) is 5.69 Å². The predicted octanol–water partition coefficient (Wildman–Crippen LogP) is 4.58. The number of rotatable bonds is 3. The van der Waals surface area contributed by atoms with Gasteiger partial charge < -0.3 is 5.32 Å². The third-order valence-corrected chi connectivity index (χ3v) is 3.81. The normalized spacial score (nSPS) is 11.7. The maximum absolute atomic E-state index is 12.6. The van der Waals surface area contributed by atoms with Gasteiger partial charge in [0.15, 0.2) is 11.6 Å². The van der Waals surface area contributed by atoms with Crippen molar-refractivity contribution in [2.75, 3.05) is 5.32 Å². The van der Waals surface area contributed by atoms with Gasteiger partial charge in [0.1, 0.15) is 6.33 Å². The van der Waals surface area contributed by atoms with Crippen molar-refractivity contribution in [3.05, 3.63) is 72.8 Å². The Kier molecular flexibility index (Phi) is 3.80. The fourth-order valence-corrected chi connectivity index (χ4v) is 2.56. The van der Waals surface area contributed by atoms with E-state index >= 15 is 0 Å². The first-order valence-electron chi connectivity index (χ1n) is 7.69. The molecule has 2 aromatic heterocycles. The van der Waals surface area contributed by atoms with E-state index in [1.54, 1.807) is 17.1 Å². The topological polar surface area (TPSA) is 55.6 Å². The molecule has 2 heterocycles. The van der Waals surface area contributed by atoms with Crippen molar-refractivity contribution in [3.8, 4) is 5.82 Å². The Bertz CT molecular complexity index is 1050. The van der Waals surface area contributed by atoms with E-state index in [2.05, 4.69) is 20.3 Å². The van der Waals surface area contributed by atoms with E-state index in [-0.39, 0.29) is 0 Å². The number of fused-ring (bicyclic) bond motifs is 1. The highest BCUT2D eigenvalue weighted by Gasteiger charge is 2.29. The SMILES string of the molecule is FC(F)(F)c1ccc(Nc2cncc(-n3cnc4ccccc43)n2)cc1. The highest BCUT2D eigenvalue weighted by Crippen LogP contribution is 2.30. The molecule has 2 aromatic carbocycles. The van der Waals surface area contributed by atoms with Crippen LogP contribution in [0.2, 0.25) is 0 Å². The summed E-state index contributed by atoms with van der Waals surface area (Å²) in [6, 6.07) is 12.3. The summed E-state index contributed by atoms with van der Waals surface area (Å²) in [5, 5.41) is 2.96. The molecule has 8 heteroatoms. The lowest BCUT2D eigenvalue weighted by Gasteiger charge is -2.10. The zero-order valence-electron chi connectivity index (χ0n) is 13.3. The predicted molar refractivity (Wildman–Crippen MR) is 91.4 cm³/mol. The summed E-state index contributed by atoms with van der Waals surface area (Å²) in [4.78, 5) is 12.9. The quantitative estimate of drug-likeness (QED) is 0.585. The average Bonchev–Trinajstić information content (AvgIpc) is 3.06. The number of benzene rings is 2. The van der Waals surface area contributed by atoms with Gasteiger partial charge in [-0.3, -0.25) is 9.55 Å². The van der Waals surface area contributed by atoms with Crippen LogP contribution < -0.4 is 5.32 Å². The standard InChI is InChI=1S/C18H12F3N5/c19-18(20,21)12-5-7-13(8-6-12)24-16-9-22-10-17(25-16)26-11-23-14-3-1-2-4-15(14)26/h1-11H,(H,24,25). The smallest absolute Gasteiger partial charge is 0.339 e. The summed E-state index contributed by atoms with van der Waals surface area (Å²) in [6.45, 7) is 0. The number of halogens is 3. The molecule has 0 saturated heterocycles. The second-order valence-corrected chi connectivity index (χ2v) is 5.57. The van der Waals surface area contributed by atoms with Gasteiger partial charge in [0.05, 0.1) is 29.0 Å². The van der Waals surface area contributed by atoms with Gasteiger partial charge in [0.25, 0.3) is 0 Å². The molecule has 4 rings (SSSR count). The molecule has 0 unspecified atom stereocenters. The number of imidazole rings is 1. The fraction of sp³-hybridized carbons (Fsp3) is 0.0556. The molecule has 0 saturated carbocycles. The Labute approximate surface area is 146 Å². The number of anilines is 2. The van der Waals surface area contributed by atoms with E-state index < -0.39 is 11.7 Å². The molecular formula is C18H12F3N5. The van der Waals surface area contributed by atoms with Crippen LogP contribution in [0.1, 0.15) is 5.56 Å². The summed E-state index contributed by atoms with van der Waals surface area (Å²) in [6.07, 6.45) is 0.379. The number of nitrogens with zero attached hydrogens (tertiary/aromatic N) is 4. The molecule has 0 bridgehead atoms. The van der Waals surface area contributed by atoms with Crippen molar-refractivity contribution >= 4 is 22.5 Å². The van der Waals surface area contributed by atoms with Crippen LogP contribution in [-0.2, 0) is 6.18 Å². The molecule has 0 fully saturated rings. The first-order chi connectivity index (χ1) is 12.5. The summed E-state index contributed by atoms with van der Waals surface area (Å²) >= 11 is 0. The van der Waals surface area contributed by atoms with Gasteiger partial charge in [-0.15, -0.1) is 0 Å². The molecule has 4 aromatic rings. The maximum Gasteiger partial charge on any atom is 0.416 e. The fourth-order valence-electron chi connectivity index (χ4n) is 2.56. The number of alkyl halides is 3. The largest absolute Gasteiger partial charge is 0.416 e. The maximum atomic E-state index is 12.6. The van der Waals surface area contributed by atoms with Crippen molar-refractivity contribution in [2.24, 2.45) is 0 Å². The minimum absolute atomic E-state index is 0.417. The Morgan fingerprint density at radius 1 is 0.923 bits per heavy atom. The molecule has 5 nitrogen and oxygen atoms in total. The lowest BCUT2D eigenvalue weighted by Crippen LogP contribution is -2.05.